The van der Waals surface area contributed by atoms with Crippen LogP contribution in [0.25, 0.3) is 0 Å². The minimum Gasteiger partial charge on any atom is -0.314 e. The smallest absolute Gasteiger partial charge is 0.314 e. The summed E-state index contributed by atoms with van der Waals surface area (Å²) in [5.41, 5.74) is -0.219. The number of halogens is 3. The van der Waals surface area contributed by atoms with Gasteiger partial charge in [0.15, 0.2) is 0 Å². The largest absolute Gasteiger partial charge is 0.401 e. The molecule has 0 radical (unpaired) electrons. The van der Waals surface area contributed by atoms with Crippen molar-refractivity contribution in [2.24, 2.45) is 0 Å². The Labute approximate surface area is 107 Å². The third-order valence-electron chi connectivity index (χ3n) is 3.43. The molecule has 0 spiro atoms. The number of nitrogens with zero attached hydrogens (tertiary/aromatic N) is 2. The van der Waals surface area contributed by atoms with Crippen LogP contribution in [-0.2, 0) is 0 Å². The Balaban J connectivity index is 2.55. The summed E-state index contributed by atoms with van der Waals surface area (Å²) in [6.45, 7) is 9.50. The molecule has 6 heteroatoms. The fourth-order valence-electron chi connectivity index (χ4n) is 2.45. The summed E-state index contributed by atoms with van der Waals surface area (Å²) in [6, 6.07) is 0. The molecular weight excluding hydrogens is 243 g/mol. The van der Waals surface area contributed by atoms with Crippen LogP contribution in [0.5, 0.6) is 0 Å². The van der Waals surface area contributed by atoms with Crippen molar-refractivity contribution in [2.45, 2.75) is 32.5 Å². The molecule has 0 aromatic carbocycles. The molecule has 108 valence electrons. The Bertz CT molecular complexity index is 247. The first-order chi connectivity index (χ1) is 8.24. The van der Waals surface area contributed by atoms with Crippen LogP contribution < -0.4 is 5.32 Å². The van der Waals surface area contributed by atoms with Crippen LogP contribution in [0.1, 0.15) is 20.8 Å². The highest BCUT2D eigenvalue weighted by molar-refractivity contribution is 4.87. The first kappa shape index (κ1) is 15.7. The van der Waals surface area contributed by atoms with Crippen LogP contribution in [0, 0.1) is 0 Å². The van der Waals surface area contributed by atoms with Crippen LogP contribution in [0.2, 0.25) is 0 Å². The summed E-state index contributed by atoms with van der Waals surface area (Å²) < 4.78 is 37.3. The molecule has 1 aliphatic heterocycles. The summed E-state index contributed by atoms with van der Waals surface area (Å²) in [5, 5.41) is 3.26. The zero-order valence-corrected chi connectivity index (χ0v) is 11.5. The van der Waals surface area contributed by atoms with Crippen molar-refractivity contribution in [2.75, 3.05) is 45.8 Å². The van der Waals surface area contributed by atoms with E-state index < -0.39 is 12.7 Å². The second-order valence-electron chi connectivity index (χ2n) is 5.47. The fraction of sp³-hybridized carbons (Fsp3) is 1.00. The quantitative estimate of drug-likeness (QED) is 0.815. The van der Waals surface area contributed by atoms with Gasteiger partial charge in [-0.05, 0) is 20.4 Å². The standard InChI is InChI=1S/C12H24F3N3/c1-4-17(10-12(13,14)15)9-11(2,3)18-7-5-16-6-8-18/h16H,4-10H2,1-3H3. The van der Waals surface area contributed by atoms with E-state index in [2.05, 4.69) is 10.2 Å². The molecular formula is C12H24F3N3. The zero-order valence-electron chi connectivity index (χ0n) is 11.5. The van der Waals surface area contributed by atoms with Gasteiger partial charge >= 0.3 is 6.18 Å². The molecule has 0 aromatic heterocycles. The number of piperazine rings is 1. The molecule has 0 aliphatic carbocycles. The maximum absolute atomic E-state index is 12.4. The lowest BCUT2D eigenvalue weighted by Crippen LogP contribution is -2.58. The molecule has 3 nitrogen and oxygen atoms in total. The summed E-state index contributed by atoms with van der Waals surface area (Å²) in [7, 11) is 0. The summed E-state index contributed by atoms with van der Waals surface area (Å²) in [5.74, 6) is 0. The number of nitrogens with one attached hydrogen (secondary N) is 1. The molecule has 0 unspecified atom stereocenters. The minimum absolute atomic E-state index is 0.219. The van der Waals surface area contributed by atoms with Gasteiger partial charge in [-0.1, -0.05) is 6.92 Å². The van der Waals surface area contributed by atoms with Gasteiger partial charge in [0.2, 0.25) is 0 Å². The number of rotatable bonds is 5. The first-order valence-electron chi connectivity index (χ1n) is 6.49. The van der Waals surface area contributed by atoms with E-state index in [0.29, 0.717) is 13.1 Å². The maximum atomic E-state index is 12.4. The Morgan fingerprint density at radius 2 is 1.67 bits per heavy atom. The maximum Gasteiger partial charge on any atom is 0.401 e. The molecule has 0 aromatic rings. The highest BCUT2D eigenvalue weighted by Crippen LogP contribution is 2.21. The fourth-order valence-corrected chi connectivity index (χ4v) is 2.45. The first-order valence-corrected chi connectivity index (χ1v) is 6.49. The van der Waals surface area contributed by atoms with E-state index >= 15 is 0 Å². The minimum atomic E-state index is -4.12. The molecule has 0 saturated carbocycles. The van der Waals surface area contributed by atoms with Crippen LogP contribution in [0.15, 0.2) is 0 Å². The van der Waals surface area contributed by atoms with E-state index in [-0.39, 0.29) is 5.54 Å². The molecule has 0 atom stereocenters. The number of hydrogen-bond acceptors (Lipinski definition) is 3. The van der Waals surface area contributed by atoms with Gasteiger partial charge in [-0.2, -0.15) is 13.2 Å². The lowest BCUT2D eigenvalue weighted by molar-refractivity contribution is -0.149. The van der Waals surface area contributed by atoms with Gasteiger partial charge in [-0.25, -0.2) is 0 Å². The van der Waals surface area contributed by atoms with Crippen LogP contribution >= 0.6 is 0 Å². The lowest BCUT2D eigenvalue weighted by Gasteiger charge is -2.43. The summed E-state index contributed by atoms with van der Waals surface area (Å²) >= 11 is 0. The summed E-state index contributed by atoms with van der Waals surface area (Å²) in [6.07, 6.45) is -4.12. The highest BCUT2D eigenvalue weighted by Gasteiger charge is 2.35. The van der Waals surface area contributed by atoms with Crippen LogP contribution in [0.3, 0.4) is 0 Å². The average molecular weight is 267 g/mol. The molecule has 0 bridgehead atoms. The van der Waals surface area contributed by atoms with Crippen molar-refractivity contribution < 1.29 is 13.2 Å². The molecule has 18 heavy (non-hydrogen) atoms. The van der Waals surface area contributed by atoms with Gasteiger partial charge < -0.3 is 5.32 Å². The topological polar surface area (TPSA) is 18.5 Å². The van der Waals surface area contributed by atoms with Crippen molar-refractivity contribution in [1.82, 2.24) is 15.1 Å². The third-order valence-corrected chi connectivity index (χ3v) is 3.43. The van der Waals surface area contributed by atoms with Crippen molar-refractivity contribution in [3.63, 3.8) is 0 Å². The number of hydrogen-bond donors (Lipinski definition) is 1. The normalized spacial score (nSPS) is 19.5. The Morgan fingerprint density at radius 3 is 2.11 bits per heavy atom. The SMILES string of the molecule is CCN(CC(F)(F)F)CC(C)(C)N1CCNCC1. The van der Waals surface area contributed by atoms with Crippen LogP contribution in [0.4, 0.5) is 13.2 Å². The molecule has 1 N–H and O–H groups in total. The second-order valence-corrected chi connectivity index (χ2v) is 5.47. The van der Waals surface area contributed by atoms with E-state index in [1.165, 1.54) is 4.90 Å². The highest BCUT2D eigenvalue weighted by atomic mass is 19.4. The zero-order chi connectivity index (χ0) is 13.8. The predicted molar refractivity (Wildman–Crippen MR) is 66.7 cm³/mol. The van der Waals surface area contributed by atoms with Gasteiger partial charge in [0.25, 0.3) is 0 Å². The molecule has 1 rings (SSSR count). The lowest BCUT2D eigenvalue weighted by atomic mass is 10.0. The van der Waals surface area contributed by atoms with Gasteiger partial charge in [-0.3, -0.25) is 9.80 Å². The predicted octanol–water partition coefficient (Wildman–Crippen LogP) is 1.55. The van der Waals surface area contributed by atoms with E-state index in [4.69, 9.17) is 0 Å². The Morgan fingerprint density at radius 1 is 1.11 bits per heavy atom. The van der Waals surface area contributed by atoms with Crippen molar-refractivity contribution >= 4 is 0 Å². The van der Waals surface area contributed by atoms with E-state index in [1.807, 2.05) is 13.8 Å². The van der Waals surface area contributed by atoms with E-state index in [1.54, 1.807) is 6.92 Å². The third kappa shape index (κ3) is 5.12. The molecule has 1 saturated heterocycles. The van der Waals surface area contributed by atoms with Crippen LogP contribution in [-0.4, -0.2) is 67.3 Å². The molecule has 0 amide bonds. The summed E-state index contributed by atoms with van der Waals surface area (Å²) in [4.78, 5) is 3.74. The van der Waals surface area contributed by atoms with Gasteiger partial charge in [0, 0.05) is 38.3 Å². The van der Waals surface area contributed by atoms with Gasteiger partial charge in [-0.15, -0.1) is 0 Å². The molecule has 1 heterocycles. The second kappa shape index (κ2) is 6.21. The molecule has 1 aliphatic rings. The van der Waals surface area contributed by atoms with Crippen molar-refractivity contribution in [3.8, 4) is 0 Å². The van der Waals surface area contributed by atoms with Crippen molar-refractivity contribution in [1.29, 1.82) is 0 Å². The van der Waals surface area contributed by atoms with E-state index in [0.717, 1.165) is 26.2 Å². The van der Waals surface area contributed by atoms with Crippen molar-refractivity contribution in [3.05, 3.63) is 0 Å². The Kier molecular flexibility index (Phi) is 5.43. The van der Waals surface area contributed by atoms with Gasteiger partial charge in [0.05, 0.1) is 6.54 Å². The average Bonchev–Trinajstić information content (AvgIpc) is 2.27. The molecule has 1 fully saturated rings. The van der Waals surface area contributed by atoms with E-state index in [9.17, 15) is 13.2 Å². The number of likely N-dealkylation sites (N-methyl/N-ethyl adjacent to an activating group) is 1. The van der Waals surface area contributed by atoms with Gasteiger partial charge in [0.1, 0.15) is 0 Å². The number of alkyl halides is 3. The Hall–Kier alpha value is -0.330. The monoisotopic (exact) mass is 267 g/mol.